The van der Waals surface area contributed by atoms with E-state index < -0.39 is 11.8 Å². The summed E-state index contributed by atoms with van der Waals surface area (Å²) in [5.74, 6) is -0.644. The minimum atomic E-state index is -0.514. The van der Waals surface area contributed by atoms with Crippen LogP contribution in [-0.2, 0) is 4.79 Å². The Morgan fingerprint density at radius 2 is 1.86 bits per heavy atom. The second-order valence-corrected chi connectivity index (χ2v) is 7.30. The summed E-state index contributed by atoms with van der Waals surface area (Å²) in [5, 5.41) is 1.12. The van der Waals surface area contributed by atoms with Crippen molar-refractivity contribution in [2.45, 2.75) is 33.1 Å². The van der Waals surface area contributed by atoms with Gasteiger partial charge in [-0.05, 0) is 49.1 Å². The van der Waals surface area contributed by atoms with E-state index in [-0.39, 0.29) is 5.91 Å². The molecule has 2 aromatic carbocycles. The molecule has 0 aliphatic rings. The molecule has 0 saturated carbocycles. The molecule has 0 fully saturated rings. The number of carbonyl (C=O) groups is 2. The monoisotopic (exact) mass is 398 g/mol. The van der Waals surface area contributed by atoms with Crippen LogP contribution < -0.4 is 10.5 Å². The second kappa shape index (κ2) is 7.68. The van der Waals surface area contributed by atoms with E-state index in [1.165, 1.54) is 7.11 Å². The Morgan fingerprint density at radius 1 is 1.21 bits per heavy atom. The molecule has 1 amide bonds. The molecule has 0 aliphatic heterocycles. The van der Waals surface area contributed by atoms with E-state index in [2.05, 4.69) is 0 Å². The Kier molecular flexibility index (Phi) is 5.47. The first-order valence-electron chi connectivity index (χ1n) is 9.08. The average Bonchev–Trinajstić information content (AvgIpc) is 2.99. The van der Waals surface area contributed by atoms with E-state index in [0.29, 0.717) is 33.8 Å². The first-order valence-corrected chi connectivity index (χ1v) is 9.46. The summed E-state index contributed by atoms with van der Waals surface area (Å²) in [7, 11) is 1.52. The van der Waals surface area contributed by atoms with Crippen molar-refractivity contribution < 1.29 is 14.3 Å². The van der Waals surface area contributed by atoms with Crippen LogP contribution in [0.2, 0.25) is 5.02 Å². The maximum atomic E-state index is 13.4. The number of halogens is 1. The Labute approximate surface area is 169 Å². The van der Waals surface area contributed by atoms with Crippen LogP contribution in [0.1, 0.15) is 46.3 Å². The van der Waals surface area contributed by atoms with Crippen molar-refractivity contribution >= 4 is 34.3 Å². The van der Waals surface area contributed by atoms with E-state index >= 15 is 0 Å². The molecule has 0 aliphatic carbocycles. The van der Waals surface area contributed by atoms with E-state index in [1.807, 2.05) is 39.0 Å². The Balaban J connectivity index is 2.33. The van der Waals surface area contributed by atoms with Crippen LogP contribution in [0.4, 0.5) is 0 Å². The molecule has 146 valence electrons. The highest BCUT2D eigenvalue weighted by Gasteiger charge is 2.25. The van der Waals surface area contributed by atoms with Crippen molar-refractivity contribution in [3.8, 4) is 5.75 Å². The molecule has 28 heavy (non-hydrogen) atoms. The van der Waals surface area contributed by atoms with Crippen LogP contribution in [0.25, 0.3) is 10.9 Å². The van der Waals surface area contributed by atoms with Crippen molar-refractivity contribution in [2.75, 3.05) is 7.11 Å². The van der Waals surface area contributed by atoms with Gasteiger partial charge in [0.15, 0.2) is 0 Å². The van der Waals surface area contributed by atoms with Crippen molar-refractivity contribution in [1.29, 1.82) is 0 Å². The van der Waals surface area contributed by atoms with Gasteiger partial charge in [0.1, 0.15) is 5.75 Å². The van der Waals surface area contributed by atoms with Crippen LogP contribution >= 0.6 is 11.6 Å². The van der Waals surface area contributed by atoms with Crippen molar-refractivity contribution in [2.24, 2.45) is 5.73 Å². The van der Waals surface area contributed by atoms with E-state index in [4.69, 9.17) is 22.1 Å². The number of carbonyl (C=O) groups excluding carboxylic acids is 2. The summed E-state index contributed by atoms with van der Waals surface area (Å²) < 4.78 is 6.88. The van der Waals surface area contributed by atoms with Crippen molar-refractivity contribution in [1.82, 2.24) is 4.57 Å². The number of nitrogens with two attached hydrogens (primary N) is 1. The Bertz CT molecular complexity index is 1060. The maximum absolute atomic E-state index is 13.4. The lowest BCUT2D eigenvalue weighted by molar-refractivity contribution is -0.119. The van der Waals surface area contributed by atoms with Gasteiger partial charge in [-0.25, -0.2) is 0 Å². The fourth-order valence-corrected chi connectivity index (χ4v) is 3.94. The van der Waals surface area contributed by atoms with Crippen molar-refractivity contribution in [3.63, 3.8) is 0 Å². The van der Waals surface area contributed by atoms with Gasteiger partial charge in [-0.2, -0.15) is 0 Å². The third-order valence-electron chi connectivity index (χ3n) is 5.15. The fourth-order valence-electron chi connectivity index (χ4n) is 3.70. The molecule has 1 unspecified atom stereocenters. The number of methoxy groups -OCH3 is 1. The topological polar surface area (TPSA) is 74.3 Å². The molecule has 5 nitrogen and oxygen atoms in total. The number of rotatable bonds is 5. The van der Waals surface area contributed by atoms with Gasteiger partial charge in [-0.15, -0.1) is 0 Å². The quantitative estimate of drug-likeness (QED) is 0.683. The zero-order chi connectivity index (χ0) is 20.6. The number of nitrogens with zero attached hydrogens (tertiary/aromatic N) is 1. The normalized spacial score (nSPS) is 12.2. The summed E-state index contributed by atoms with van der Waals surface area (Å²) in [5.41, 5.74) is 9.34. The number of primary amides is 1. The molecule has 1 aromatic heterocycles. The van der Waals surface area contributed by atoms with Crippen LogP contribution in [0.5, 0.6) is 5.75 Å². The number of hydrogen-bond donors (Lipinski definition) is 1. The largest absolute Gasteiger partial charge is 0.495 e. The van der Waals surface area contributed by atoms with Crippen molar-refractivity contribution in [3.05, 3.63) is 63.8 Å². The lowest BCUT2D eigenvalue weighted by Gasteiger charge is -2.11. The van der Waals surface area contributed by atoms with Gasteiger partial charge >= 0.3 is 0 Å². The average molecular weight is 399 g/mol. The lowest BCUT2D eigenvalue weighted by atomic mass is 9.95. The van der Waals surface area contributed by atoms with E-state index in [9.17, 15) is 9.59 Å². The molecule has 3 aromatic rings. The number of aromatic nitrogens is 1. The smallest absolute Gasteiger partial charge is 0.262 e. The number of ether oxygens (including phenoxy) is 1. The highest BCUT2D eigenvalue weighted by Crippen LogP contribution is 2.37. The molecular weight excluding hydrogens is 376 g/mol. The van der Waals surface area contributed by atoms with Gasteiger partial charge in [0.05, 0.1) is 23.6 Å². The Hall–Kier alpha value is -2.79. The first-order chi connectivity index (χ1) is 13.3. The summed E-state index contributed by atoms with van der Waals surface area (Å²) in [6, 6.07) is 9.18. The first kappa shape index (κ1) is 20.0. The molecular formula is C22H23ClN2O3. The van der Waals surface area contributed by atoms with Gasteiger partial charge in [-0.3, -0.25) is 14.2 Å². The summed E-state index contributed by atoms with van der Waals surface area (Å²) in [6.45, 7) is 5.70. The zero-order valence-electron chi connectivity index (χ0n) is 16.4. The summed E-state index contributed by atoms with van der Waals surface area (Å²) in [6.07, 6.45) is 2.23. The molecule has 1 heterocycles. The van der Waals surface area contributed by atoms with E-state index in [1.54, 1.807) is 22.9 Å². The predicted molar refractivity (Wildman–Crippen MR) is 111 cm³/mol. The van der Waals surface area contributed by atoms with Gasteiger partial charge in [0, 0.05) is 17.1 Å². The summed E-state index contributed by atoms with van der Waals surface area (Å²) >= 11 is 6.33. The zero-order valence-corrected chi connectivity index (χ0v) is 17.1. The van der Waals surface area contributed by atoms with Gasteiger partial charge < -0.3 is 10.5 Å². The Morgan fingerprint density at radius 3 is 2.39 bits per heavy atom. The molecule has 0 bridgehead atoms. The lowest BCUT2D eigenvalue weighted by Crippen LogP contribution is -2.20. The van der Waals surface area contributed by atoms with Crippen LogP contribution in [0, 0.1) is 13.8 Å². The number of hydrogen-bond acceptors (Lipinski definition) is 3. The molecule has 1 atom stereocenters. The third kappa shape index (κ3) is 3.27. The number of aryl methyl sites for hydroxylation is 2. The molecule has 0 radical (unpaired) electrons. The number of benzene rings is 2. The van der Waals surface area contributed by atoms with Crippen LogP contribution in [0.15, 0.2) is 36.5 Å². The summed E-state index contributed by atoms with van der Waals surface area (Å²) in [4.78, 5) is 25.5. The SMILES string of the molecule is CCC(C(N)=O)c1cn(C(=O)c2c(C)cccc2C)c2cc(Cl)c(OC)cc12. The highest BCUT2D eigenvalue weighted by atomic mass is 35.5. The van der Waals surface area contributed by atoms with Gasteiger partial charge in [0.25, 0.3) is 5.91 Å². The molecule has 3 rings (SSSR count). The van der Waals surface area contributed by atoms with E-state index in [0.717, 1.165) is 16.5 Å². The van der Waals surface area contributed by atoms with Gasteiger partial charge in [0.2, 0.25) is 5.91 Å². The second-order valence-electron chi connectivity index (χ2n) is 6.89. The third-order valence-corrected chi connectivity index (χ3v) is 5.45. The van der Waals surface area contributed by atoms with Crippen LogP contribution in [-0.4, -0.2) is 23.5 Å². The van der Waals surface area contributed by atoms with Crippen LogP contribution in [0.3, 0.4) is 0 Å². The minimum Gasteiger partial charge on any atom is -0.495 e. The number of fused-ring (bicyclic) bond motifs is 1. The predicted octanol–water partition coefficient (Wildman–Crippen LogP) is 4.59. The molecule has 0 saturated heterocycles. The highest BCUT2D eigenvalue weighted by molar-refractivity contribution is 6.33. The fraction of sp³-hybridized carbons (Fsp3) is 0.273. The maximum Gasteiger partial charge on any atom is 0.262 e. The van der Waals surface area contributed by atoms with Gasteiger partial charge in [-0.1, -0.05) is 36.7 Å². The molecule has 6 heteroatoms. The number of amides is 1. The molecule has 2 N–H and O–H groups in total. The minimum absolute atomic E-state index is 0.174. The standard InChI is InChI=1S/C22H23ClN2O3/c1-5-14(21(24)26)16-11-25(18-10-17(23)19(28-4)9-15(16)18)22(27)20-12(2)7-6-8-13(20)3/h6-11,14H,5H2,1-4H3,(H2,24,26). The molecule has 0 spiro atoms.